The Morgan fingerprint density at radius 3 is 2.53 bits per heavy atom. The van der Waals surface area contributed by atoms with Crippen LogP contribution >= 0.6 is 0 Å². The average molecular weight is 452 g/mol. The molecule has 0 saturated carbocycles. The Labute approximate surface area is 190 Å². The molecule has 0 aliphatic carbocycles. The Balaban J connectivity index is 0.000000547. The fraction of sp³-hybridized carbons (Fsp3) is 0.500. The SMILES string of the molecule is C=C/C=C(\C=C/CC(=O)CC)C1NC(=C)/C(=C\C)C2OCCCC12.CC/C=C/C(F)(F)F. The van der Waals surface area contributed by atoms with E-state index in [0.29, 0.717) is 25.2 Å². The highest BCUT2D eigenvalue weighted by atomic mass is 19.4. The van der Waals surface area contributed by atoms with Gasteiger partial charge in [-0.3, -0.25) is 4.79 Å². The van der Waals surface area contributed by atoms with Gasteiger partial charge in [-0.25, -0.2) is 0 Å². The van der Waals surface area contributed by atoms with Gasteiger partial charge in [-0.05, 0) is 37.3 Å². The van der Waals surface area contributed by atoms with Crippen molar-refractivity contribution in [1.82, 2.24) is 5.32 Å². The number of allylic oxidation sites excluding steroid dienone is 6. The maximum absolute atomic E-state index is 11.5. The monoisotopic (exact) mass is 451 g/mol. The van der Waals surface area contributed by atoms with Crippen LogP contribution in [0.25, 0.3) is 0 Å². The minimum Gasteiger partial charge on any atom is -0.378 e. The van der Waals surface area contributed by atoms with E-state index >= 15 is 0 Å². The number of ether oxygens (including phenoxy) is 1. The van der Waals surface area contributed by atoms with Gasteiger partial charge in [0.15, 0.2) is 0 Å². The van der Waals surface area contributed by atoms with Crippen LogP contribution in [0, 0.1) is 5.92 Å². The molecule has 0 radical (unpaired) electrons. The highest BCUT2D eigenvalue weighted by molar-refractivity contribution is 5.79. The number of alkyl halides is 3. The van der Waals surface area contributed by atoms with E-state index in [9.17, 15) is 18.0 Å². The van der Waals surface area contributed by atoms with Gasteiger partial charge in [0, 0.05) is 37.1 Å². The molecule has 2 saturated heterocycles. The lowest BCUT2D eigenvalue weighted by molar-refractivity contribution is -0.117. The molecule has 1 N–H and O–H groups in total. The first-order valence-corrected chi connectivity index (χ1v) is 11.2. The lowest BCUT2D eigenvalue weighted by Gasteiger charge is -2.45. The third-order valence-corrected chi connectivity index (χ3v) is 5.35. The predicted octanol–water partition coefficient (Wildman–Crippen LogP) is 6.77. The van der Waals surface area contributed by atoms with Crippen molar-refractivity contribution in [3.8, 4) is 0 Å². The molecule has 32 heavy (non-hydrogen) atoms. The molecule has 0 aromatic heterocycles. The van der Waals surface area contributed by atoms with Crippen LogP contribution in [0.4, 0.5) is 13.2 Å². The van der Waals surface area contributed by atoms with E-state index in [1.807, 2.05) is 32.1 Å². The molecular weight excluding hydrogens is 415 g/mol. The minimum atomic E-state index is -4.13. The highest BCUT2D eigenvalue weighted by Crippen LogP contribution is 2.38. The zero-order chi connectivity index (χ0) is 24.1. The lowest BCUT2D eigenvalue weighted by Crippen LogP contribution is -2.51. The van der Waals surface area contributed by atoms with Crippen molar-refractivity contribution >= 4 is 5.78 Å². The van der Waals surface area contributed by atoms with Crippen LogP contribution in [0.5, 0.6) is 0 Å². The quantitative estimate of drug-likeness (QED) is 0.343. The maximum Gasteiger partial charge on any atom is 0.409 e. The Morgan fingerprint density at radius 2 is 2.00 bits per heavy atom. The number of carbonyl (C=O) groups is 1. The summed E-state index contributed by atoms with van der Waals surface area (Å²) in [4.78, 5) is 11.5. The molecule has 2 heterocycles. The predicted molar refractivity (Wildman–Crippen MR) is 125 cm³/mol. The fourth-order valence-electron chi connectivity index (χ4n) is 3.81. The molecule has 0 amide bonds. The lowest BCUT2D eigenvalue weighted by atomic mass is 9.76. The van der Waals surface area contributed by atoms with E-state index in [1.54, 1.807) is 13.0 Å². The Bertz CT molecular complexity index is 760. The first-order chi connectivity index (χ1) is 15.2. The van der Waals surface area contributed by atoms with Crippen molar-refractivity contribution in [2.75, 3.05) is 6.61 Å². The molecule has 178 valence electrons. The van der Waals surface area contributed by atoms with E-state index in [2.05, 4.69) is 24.6 Å². The fourth-order valence-corrected chi connectivity index (χ4v) is 3.81. The van der Waals surface area contributed by atoms with Crippen molar-refractivity contribution < 1.29 is 22.7 Å². The zero-order valence-corrected chi connectivity index (χ0v) is 19.4. The van der Waals surface area contributed by atoms with E-state index in [0.717, 1.165) is 36.8 Å². The molecule has 0 bridgehead atoms. The molecule has 0 aromatic rings. The number of piperidine rings is 1. The third kappa shape index (κ3) is 9.03. The van der Waals surface area contributed by atoms with Gasteiger partial charge in [0.2, 0.25) is 0 Å². The second-order valence-electron chi connectivity index (χ2n) is 7.70. The average Bonchev–Trinajstić information content (AvgIpc) is 2.76. The molecule has 2 aliphatic heterocycles. The van der Waals surface area contributed by atoms with E-state index < -0.39 is 6.18 Å². The summed E-state index contributed by atoms with van der Waals surface area (Å²) in [6, 6.07) is 0.137. The molecule has 3 atom stereocenters. The molecular formula is C26H36F3NO2. The van der Waals surface area contributed by atoms with Gasteiger partial charge in [0.05, 0.1) is 12.1 Å². The minimum absolute atomic E-state index is 0.0985. The molecule has 2 aliphatic rings. The number of hydrogen-bond acceptors (Lipinski definition) is 3. The standard InChI is InChI=1S/C21H29NO2.C5H7F3/c1-5-10-16(11-8-12-17(23)6-2)20-19-13-9-14-24-21(19)18(7-3)15(4)22-20;1-2-3-4-5(6,7)8/h5,7-8,10-11,19-22H,1,4,6,9,12-14H2,2-3H3;3-4H,2H2,1H3/b11-8-,16-10+,18-7+;4-3+. The van der Waals surface area contributed by atoms with Crippen LogP contribution < -0.4 is 5.32 Å². The number of Topliss-reactive ketones (excluding diaryl/α,β-unsaturated/α-hetero) is 1. The van der Waals surface area contributed by atoms with Gasteiger partial charge in [0.1, 0.15) is 5.78 Å². The van der Waals surface area contributed by atoms with Gasteiger partial charge >= 0.3 is 6.18 Å². The second-order valence-corrected chi connectivity index (χ2v) is 7.70. The molecule has 3 nitrogen and oxygen atoms in total. The van der Waals surface area contributed by atoms with Crippen LogP contribution in [0.15, 0.2) is 72.5 Å². The van der Waals surface area contributed by atoms with Crippen molar-refractivity contribution in [3.05, 3.63) is 72.5 Å². The molecule has 2 rings (SSSR count). The molecule has 3 unspecified atom stereocenters. The number of carbonyl (C=O) groups excluding carboxylic acids is 1. The largest absolute Gasteiger partial charge is 0.409 e. The van der Waals surface area contributed by atoms with Gasteiger partial charge < -0.3 is 10.1 Å². The van der Waals surface area contributed by atoms with Crippen LogP contribution in [0.1, 0.15) is 52.9 Å². The first-order valence-electron chi connectivity index (χ1n) is 11.2. The van der Waals surface area contributed by atoms with Crippen LogP contribution in [-0.4, -0.2) is 30.7 Å². The molecule has 6 heteroatoms. The summed E-state index contributed by atoms with van der Waals surface area (Å²) in [6.07, 6.45) is 10.9. The maximum atomic E-state index is 11.5. The summed E-state index contributed by atoms with van der Waals surface area (Å²) in [5.74, 6) is 0.619. The van der Waals surface area contributed by atoms with Crippen LogP contribution in [0.3, 0.4) is 0 Å². The molecule has 0 aromatic carbocycles. The Kier molecular flexibility index (Phi) is 12.1. The Morgan fingerprint density at radius 1 is 1.28 bits per heavy atom. The normalized spacial score (nSPS) is 25.3. The van der Waals surface area contributed by atoms with Gasteiger partial charge in [-0.2, -0.15) is 13.2 Å². The number of nitrogens with one attached hydrogen (secondary N) is 1. The number of ketones is 1. The number of rotatable bonds is 7. The summed E-state index contributed by atoms with van der Waals surface area (Å²) in [5.41, 5.74) is 3.23. The van der Waals surface area contributed by atoms with Gasteiger partial charge in [0.25, 0.3) is 0 Å². The third-order valence-electron chi connectivity index (χ3n) is 5.35. The van der Waals surface area contributed by atoms with Crippen molar-refractivity contribution in [2.45, 2.75) is 71.2 Å². The topological polar surface area (TPSA) is 38.3 Å². The van der Waals surface area contributed by atoms with E-state index in [1.165, 1.54) is 5.57 Å². The molecule has 2 fully saturated rings. The summed E-state index contributed by atoms with van der Waals surface area (Å²) >= 11 is 0. The number of hydrogen-bond donors (Lipinski definition) is 1. The van der Waals surface area contributed by atoms with Gasteiger partial charge in [-0.1, -0.05) is 63.5 Å². The number of fused-ring (bicyclic) bond motifs is 1. The zero-order valence-electron chi connectivity index (χ0n) is 19.4. The Hall–Kier alpha value is -2.34. The van der Waals surface area contributed by atoms with E-state index in [-0.39, 0.29) is 24.0 Å². The highest BCUT2D eigenvalue weighted by Gasteiger charge is 2.40. The smallest absolute Gasteiger partial charge is 0.378 e. The van der Waals surface area contributed by atoms with Gasteiger partial charge in [-0.15, -0.1) is 0 Å². The second kappa shape index (κ2) is 13.9. The van der Waals surface area contributed by atoms with Crippen molar-refractivity contribution in [2.24, 2.45) is 5.92 Å². The summed E-state index contributed by atoms with van der Waals surface area (Å²) < 4.78 is 39.5. The van der Waals surface area contributed by atoms with E-state index in [4.69, 9.17) is 4.74 Å². The summed E-state index contributed by atoms with van der Waals surface area (Å²) in [5, 5.41) is 3.56. The van der Waals surface area contributed by atoms with Crippen LogP contribution in [0.2, 0.25) is 0 Å². The number of halogens is 3. The van der Waals surface area contributed by atoms with Crippen molar-refractivity contribution in [3.63, 3.8) is 0 Å². The first kappa shape index (κ1) is 27.7. The van der Waals surface area contributed by atoms with Crippen molar-refractivity contribution in [1.29, 1.82) is 0 Å². The summed E-state index contributed by atoms with van der Waals surface area (Å²) in [7, 11) is 0. The molecule has 0 spiro atoms. The van der Waals surface area contributed by atoms with Crippen LogP contribution in [-0.2, 0) is 9.53 Å². The summed E-state index contributed by atoms with van der Waals surface area (Å²) in [6.45, 7) is 14.4.